The Bertz CT molecular complexity index is 432. The maximum Gasteiger partial charge on any atom is 0.221 e. The number of ether oxygens (including phenoxy) is 1. The summed E-state index contributed by atoms with van der Waals surface area (Å²) < 4.78 is 5.60. The topological polar surface area (TPSA) is 50.4 Å². The zero-order valence-electron chi connectivity index (χ0n) is 11.1. The van der Waals surface area contributed by atoms with Crippen LogP contribution in [0.4, 0.5) is 5.69 Å². The van der Waals surface area contributed by atoms with Gasteiger partial charge in [-0.1, -0.05) is 0 Å². The summed E-state index contributed by atoms with van der Waals surface area (Å²) in [6.45, 7) is 7.40. The van der Waals surface area contributed by atoms with Crippen LogP contribution in [0.2, 0.25) is 0 Å². The van der Waals surface area contributed by atoms with Gasteiger partial charge in [-0.25, -0.2) is 0 Å². The van der Waals surface area contributed by atoms with Crippen molar-refractivity contribution >= 4 is 22.9 Å². The number of rotatable bonds is 4. The minimum Gasteiger partial charge on any atom is -0.377 e. The average Bonchev–Trinajstić information content (AvgIpc) is 2.85. The van der Waals surface area contributed by atoms with Crippen LogP contribution in [0, 0.1) is 0 Å². The summed E-state index contributed by atoms with van der Waals surface area (Å²) in [5, 5.41) is 8.41. The van der Waals surface area contributed by atoms with Gasteiger partial charge in [-0.3, -0.25) is 4.79 Å². The third kappa shape index (κ3) is 2.91. The normalized spacial score (nSPS) is 27.4. The van der Waals surface area contributed by atoms with Crippen molar-refractivity contribution in [2.75, 3.05) is 11.9 Å². The predicted molar refractivity (Wildman–Crippen MR) is 73.9 cm³/mol. The van der Waals surface area contributed by atoms with Gasteiger partial charge in [-0.2, -0.15) is 0 Å². The first-order valence-corrected chi connectivity index (χ1v) is 7.10. The largest absolute Gasteiger partial charge is 0.377 e. The highest BCUT2D eigenvalue weighted by Gasteiger charge is 2.36. The molecule has 0 saturated carbocycles. The Balaban J connectivity index is 1.98. The second-order valence-electron chi connectivity index (χ2n) is 4.97. The highest BCUT2D eigenvalue weighted by molar-refractivity contribution is 7.10. The number of thiophene rings is 1. The molecule has 2 heterocycles. The Morgan fingerprint density at radius 2 is 2.44 bits per heavy atom. The van der Waals surface area contributed by atoms with Crippen LogP contribution in [0.5, 0.6) is 0 Å². The van der Waals surface area contributed by atoms with E-state index in [1.165, 1.54) is 6.92 Å². The minimum atomic E-state index is -0.0292. The van der Waals surface area contributed by atoms with Gasteiger partial charge in [0.2, 0.25) is 5.91 Å². The van der Waals surface area contributed by atoms with Crippen LogP contribution in [0.15, 0.2) is 11.4 Å². The van der Waals surface area contributed by atoms with Gasteiger partial charge in [0.1, 0.15) is 0 Å². The molecule has 0 aromatic carbocycles. The molecule has 1 amide bonds. The van der Waals surface area contributed by atoms with Crippen molar-refractivity contribution in [2.45, 2.75) is 45.4 Å². The van der Waals surface area contributed by atoms with Crippen LogP contribution in [-0.2, 0) is 16.1 Å². The van der Waals surface area contributed by atoms with E-state index in [1.54, 1.807) is 11.3 Å². The van der Waals surface area contributed by atoms with Crippen molar-refractivity contribution in [2.24, 2.45) is 0 Å². The molecule has 100 valence electrons. The molecule has 2 unspecified atom stereocenters. The molecule has 5 heteroatoms. The van der Waals surface area contributed by atoms with Gasteiger partial charge < -0.3 is 15.4 Å². The van der Waals surface area contributed by atoms with E-state index in [0.717, 1.165) is 30.1 Å². The summed E-state index contributed by atoms with van der Waals surface area (Å²) in [6.07, 6.45) is 1.25. The van der Waals surface area contributed by atoms with E-state index < -0.39 is 0 Å². The van der Waals surface area contributed by atoms with Crippen LogP contribution in [-0.4, -0.2) is 24.2 Å². The molecule has 0 aliphatic carbocycles. The minimum absolute atomic E-state index is 0.0253. The average molecular weight is 268 g/mol. The van der Waals surface area contributed by atoms with Gasteiger partial charge in [0.15, 0.2) is 0 Å². The third-order valence-corrected chi connectivity index (χ3v) is 4.52. The molecule has 18 heavy (non-hydrogen) atoms. The Morgan fingerprint density at radius 1 is 1.67 bits per heavy atom. The highest BCUT2D eigenvalue weighted by Crippen LogP contribution is 2.28. The third-order valence-electron chi connectivity index (χ3n) is 3.60. The number of carbonyl (C=O) groups excluding carboxylic acids is 1. The van der Waals surface area contributed by atoms with Crippen molar-refractivity contribution in [3.63, 3.8) is 0 Å². The van der Waals surface area contributed by atoms with E-state index in [4.69, 9.17) is 4.74 Å². The fourth-order valence-electron chi connectivity index (χ4n) is 2.13. The van der Waals surface area contributed by atoms with Crippen molar-refractivity contribution in [3.05, 3.63) is 16.3 Å². The van der Waals surface area contributed by atoms with Crippen molar-refractivity contribution < 1.29 is 9.53 Å². The van der Waals surface area contributed by atoms with Crippen LogP contribution in [0.25, 0.3) is 0 Å². The lowest BCUT2D eigenvalue weighted by atomic mass is 9.95. The second-order valence-corrected chi connectivity index (χ2v) is 5.97. The summed E-state index contributed by atoms with van der Waals surface area (Å²) in [6, 6.07) is 1.94. The Hall–Kier alpha value is -0.910. The molecule has 0 spiro atoms. The summed E-state index contributed by atoms with van der Waals surface area (Å²) in [4.78, 5) is 12.2. The molecule has 1 aliphatic heterocycles. The van der Waals surface area contributed by atoms with Crippen LogP contribution >= 0.6 is 11.3 Å². The molecular weight excluding hydrogens is 248 g/mol. The molecule has 1 fully saturated rings. The van der Waals surface area contributed by atoms with Crippen molar-refractivity contribution in [1.82, 2.24) is 5.32 Å². The molecule has 1 aromatic heterocycles. The molecule has 1 saturated heterocycles. The molecule has 2 atom stereocenters. The maximum absolute atomic E-state index is 11.1. The lowest BCUT2D eigenvalue weighted by Crippen LogP contribution is -2.47. The van der Waals surface area contributed by atoms with Gasteiger partial charge in [-0.15, -0.1) is 11.3 Å². The second kappa shape index (κ2) is 5.38. The zero-order valence-corrected chi connectivity index (χ0v) is 11.9. The number of hydrogen-bond donors (Lipinski definition) is 2. The predicted octanol–water partition coefficient (Wildman–Crippen LogP) is 2.36. The Kier molecular flexibility index (Phi) is 4.04. The van der Waals surface area contributed by atoms with Gasteiger partial charge in [0.25, 0.3) is 0 Å². The SMILES string of the molecule is CC(=O)Nc1ccsc1CNC1(C)CCOC1C. The van der Waals surface area contributed by atoms with Gasteiger partial charge in [0, 0.05) is 30.5 Å². The fraction of sp³-hybridized carbons (Fsp3) is 0.615. The van der Waals surface area contributed by atoms with Gasteiger partial charge in [0.05, 0.1) is 11.8 Å². The van der Waals surface area contributed by atoms with E-state index in [2.05, 4.69) is 24.5 Å². The lowest BCUT2D eigenvalue weighted by molar-refractivity contribution is -0.114. The molecule has 2 rings (SSSR count). The molecule has 0 bridgehead atoms. The van der Waals surface area contributed by atoms with E-state index in [0.29, 0.717) is 0 Å². The maximum atomic E-state index is 11.1. The molecule has 2 N–H and O–H groups in total. The number of carbonyl (C=O) groups is 1. The first-order valence-electron chi connectivity index (χ1n) is 6.22. The summed E-state index contributed by atoms with van der Waals surface area (Å²) >= 11 is 1.66. The van der Waals surface area contributed by atoms with E-state index >= 15 is 0 Å². The van der Waals surface area contributed by atoms with Crippen LogP contribution in [0.1, 0.15) is 32.1 Å². The smallest absolute Gasteiger partial charge is 0.221 e. The van der Waals surface area contributed by atoms with Crippen LogP contribution < -0.4 is 10.6 Å². The van der Waals surface area contributed by atoms with Gasteiger partial charge in [-0.05, 0) is 31.7 Å². The van der Waals surface area contributed by atoms with Crippen molar-refractivity contribution in [1.29, 1.82) is 0 Å². The van der Waals surface area contributed by atoms with E-state index in [9.17, 15) is 4.79 Å². The fourth-order valence-corrected chi connectivity index (χ4v) is 2.90. The summed E-state index contributed by atoms with van der Waals surface area (Å²) in [7, 11) is 0. The van der Waals surface area contributed by atoms with E-state index in [1.807, 2.05) is 11.4 Å². The van der Waals surface area contributed by atoms with Crippen molar-refractivity contribution in [3.8, 4) is 0 Å². The van der Waals surface area contributed by atoms with Crippen LogP contribution in [0.3, 0.4) is 0 Å². The molecule has 1 aliphatic rings. The number of amides is 1. The Morgan fingerprint density at radius 3 is 3.06 bits per heavy atom. The highest BCUT2D eigenvalue weighted by atomic mass is 32.1. The summed E-state index contributed by atoms with van der Waals surface area (Å²) in [5.41, 5.74) is 0.937. The molecular formula is C13H20N2O2S. The first-order chi connectivity index (χ1) is 8.51. The molecule has 0 radical (unpaired) electrons. The Labute approximate surface area is 112 Å². The number of hydrogen-bond acceptors (Lipinski definition) is 4. The zero-order chi connectivity index (χ0) is 13.2. The standard InChI is InChI=1S/C13H20N2O2S/c1-9-13(3,5-6-17-9)14-8-12-11(4-7-18-12)15-10(2)16/h4,7,9,14H,5-6,8H2,1-3H3,(H,15,16). The summed E-state index contributed by atoms with van der Waals surface area (Å²) in [5.74, 6) is -0.0292. The number of anilines is 1. The molecule has 1 aromatic rings. The van der Waals surface area contributed by atoms with Gasteiger partial charge >= 0.3 is 0 Å². The quantitative estimate of drug-likeness (QED) is 0.881. The monoisotopic (exact) mass is 268 g/mol. The lowest BCUT2D eigenvalue weighted by Gasteiger charge is -2.29. The van der Waals surface area contributed by atoms with E-state index in [-0.39, 0.29) is 17.6 Å². The molecule has 4 nitrogen and oxygen atoms in total. The number of nitrogens with one attached hydrogen (secondary N) is 2. The first kappa shape index (κ1) is 13.5.